The van der Waals surface area contributed by atoms with Crippen LogP contribution in [0.4, 0.5) is 0 Å². The molecule has 0 aliphatic heterocycles. The van der Waals surface area contributed by atoms with Crippen LogP contribution in [0.25, 0.3) is 0 Å². The third-order valence-electron chi connectivity index (χ3n) is 4.11. The summed E-state index contributed by atoms with van der Waals surface area (Å²) in [5.74, 6) is -1.34. The summed E-state index contributed by atoms with van der Waals surface area (Å²) in [6.07, 6.45) is 7.51. The van der Waals surface area contributed by atoms with Gasteiger partial charge in [-0.15, -0.1) is 0 Å². The van der Waals surface area contributed by atoms with E-state index in [1.807, 2.05) is 0 Å². The van der Waals surface area contributed by atoms with Crippen LogP contribution < -0.4 is 0 Å². The Morgan fingerprint density at radius 1 is 1.05 bits per heavy atom. The lowest BCUT2D eigenvalue weighted by Crippen LogP contribution is -2.17. The summed E-state index contributed by atoms with van der Waals surface area (Å²) in [5, 5.41) is 17.7. The van der Waals surface area contributed by atoms with Gasteiger partial charge in [0.1, 0.15) is 0 Å². The summed E-state index contributed by atoms with van der Waals surface area (Å²) in [6.45, 7) is 4.46. The number of rotatable bonds is 3. The van der Waals surface area contributed by atoms with Crippen LogP contribution in [-0.2, 0) is 9.59 Å². The van der Waals surface area contributed by atoms with Gasteiger partial charge in [-0.25, -0.2) is 9.59 Å². The Kier molecular flexibility index (Phi) is 4.31. The van der Waals surface area contributed by atoms with Gasteiger partial charge in [-0.1, -0.05) is 25.5 Å². The first-order valence-electron chi connectivity index (χ1n) is 7.30. The average molecular weight is 278 g/mol. The smallest absolute Gasteiger partial charge is 0.332 e. The van der Waals surface area contributed by atoms with Crippen LogP contribution in [0.3, 0.4) is 0 Å². The average Bonchev–Trinajstić information content (AvgIpc) is 2.91. The maximum absolute atomic E-state index is 10.8. The van der Waals surface area contributed by atoms with E-state index in [0.29, 0.717) is 0 Å². The maximum Gasteiger partial charge on any atom is 0.332 e. The quantitative estimate of drug-likeness (QED) is 0.777. The highest BCUT2D eigenvalue weighted by molar-refractivity contribution is 6.01. The van der Waals surface area contributed by atoms with E-state index in [2.05, 4.69) is 19.9 Å². The normalized spacial score (nSPS) is 26.4. The first-order chi connectivity index (χ1) is 9.40. The summed E-state index contributed by atoms with van der Waals surface area (Å²) < 4.78 is 0. The lowest BCUT2D eigenvalue weighted by Gasteiger charge is -2.12. The molecule has 0 spiro atoms. The number of allylic oxidation sites excluding steroid dienone is 2. The third kappa shape index (κ3) is 3.30. The van der Waals surface area contributed by atoms with Gasteiger partial charge in [-0.3, -0.25) is 0 Å². The zero-order valence-electron chi connectivity index (χ0n) is 12.1. The van der Waals surface area contributed by atoms with Gasteiger partial charge < -0.3 is 10.2 Å². The minimum atomic E-state index is -1.05. The molecule has 0 aromatic heterocycles. The molecule has 2 bridgehead atoms. The Hall–Kier alpha value is -1.58. The molecule has 4 nitrogen and oxygen atoms in total. The predicted octanol–water partition coefficient (Wildman–Crippen LogP) is 3.24. The molecule has 2 unspecified atom stereocenters. The highest BCUT2D eigenvalue weighted by atomic mass is 16.4. The van der Waals surface area contributed by atoms with Crippen molar-refractivity contribution in [1.29, 1.82) is 0 Å². The van der Waals surface area contributed by atoms with Crippen LogP contribution in [0.5, 0.6) is 0 Å². The minimum absolute atomic E-state index is 0.00593. The fraction of sp³-hybridized carbons (Fsp3) is 0.625. The second kappa shape index (κ2) is 5.81. The van der Waals surface area contributed by atoms with Crippen molar-refractivity contribution in [2.45, 2.75) is 46.0 Å². The van der Waals surface area contributed by atoms with Gasteiger partial charge in [-0.05, 0) is 49.9 Å². The van der Waals surface area contributed by atoms with Crippen LogP contribution in [0.15, 0.2) is 22.8 Å². The lowest BCUT2D eigenvalue weighted by atomic mass is 9.92. The molecule has 2 atom stereocenters. The lowest BCUT2D eigenvalue weighted by molar-refractivity contribution is -0.136. The Morgan fingerprint density at radius 3 is 1.75 bits per heavy atom. The van der Waals surface area contributed by atoms with E-state index in [0.717, 1.165) is 25.2 Å². The Labute approximate surface area is 119 Å². The summed E-state index contributed by atoms with van der Waals surface area (Å²) in [4.78, 5) is 21.6. The molecule has 3 aliphatic rings. The van der Waals surface area contributed by atoms with Gasteiger partial charge in [0.2, 0.25) is 0 Å². The van der Waals surface area contributed by atoms with Gasteiger partial charge >= 0.3 is 11.9 Å². The molecule has 0 saturated heterocycles. The molecule has 0 heterocycles. The Balaban J connectivity index is 0.000000178. The number of hydrogen-bond acceptors (Lipinski definition) is 2. The Bertz CT molecular complexity index is 449. The molecule has 2 N–H and O–H groups in total. The summed E-state index contributed by atoms with van der Waals surface area (Å²) in [5.41, 5.74) is 1.97. The van der Waals surface area contributed by atoms with E-state index >= 15 is 0 Å². The van der Waals surface area contributed by atoms with Crippen molar-refractivity contribution in [3.05, 3.63) is 22.8 Å². The van der Waals surface area contributed by atoms with E-state index in [9.17, 15) is 9.59 Å². The highest BCUT2D eigenvalue weighted by Gasteiger charge is 2.44. The molecule has 3 rings (SSSR count). The molecule has 0 aromatic carbocycles. The zero-order chi connectivity index (χ0) is 14.9. The topological polar surface area (TPSA) is 74.6 Å². The fourth-order valence-corrected chi connectivity index (χ4v) is 3.24. The number of aliphatic carboxylic acids is 2. The number of carbonyl (C=O) groups is 2. The van der Waals surface area contributed by atoms with Gasteiger partial charge in [0.15, 0.2) is 0 Å². The molecule has 3 aliphatic carbocycles. The van der Waals surface area contributed by atoms with Gasteiger partial charge in [0.25, 0.3) is 0 Å². The number of fused-ring (bicyclic) bond motifs is 2. The van der Waals surface area contributed by atoms with Crippen molar-refractivity contribution in [1.82, 2.24) is 0 Å². The van der Waals surface area contributed by atoms with E-state index in [-0.39, 0.29) is 23.0 Å². The van der Waals surface area contributed by atoms with Crippen molar-refractivity contribution in [2.24, 2.45) is 17.8 Å². The van der Waals surface area contributed by atoms with Crippen molar-refractivity contribution < 1.29 is 19.8 Å². The molecule has 0 aromatic rings. The third-order valence-corrected chi connectivity index (χ3v) is 4.11. The molecule has 110 valence electrons. The van der Waals surface area contributed by atoms with Crippen molar-refractivity contribution in [3.63, 3.8) is 0 Å². The molecular formula is C16H22O4. The van der Waals surface area contributed by atoms with Gasteiger partial charge in [0, 0.05) is 0 Å². The first-order valence-corrected chi connectivity index (χ1v) is 7.30. The molecule has 20 heavy (non-hydrogen) atoms. The minimum Gasteiger partial charge on any atom is -0.478 e. The molecule has 2 saturated carbocycles. The number of hydrogen-bond donors (Lipinski definition) is 2. The largest absolute Gasteiger partial charge is 0.478 e. The van der Waals surface area contributed by atoms with Crippen LogP contribution in [0.2, 0.25) is 0 Å². The van der Waals surface area contributed by atoms with Crippen molar-refractivity contribution in [2.75, 3.05) is 0 Å². The molecule has 0 amide bonds. The van der Waals surface area contributed by atoms with Crippen molar-refractivity contribution in [3.8, 4) is 0 Å². The number of carboxylic acid groups (broad SMARTS) is 2. The van der Waals surface area contributed by atoms with Crippen molar-refractivity contribution >= 4 is 11.9 Å². The first kappa shape index (κ1) is 14.8. The maximum atomic E-state index is 10.8. The van der Waals surface area contributed by atoms with E-state index in [1.54, 1.807) is 5.57 Å². The van der Waals surface area contributed by atoms with Gasteiger partial charge in [-0.2, -0.15) is 0 Å². The molecule has 2 fully saturated rings. The monoisotopic (exact) mass is 278 g/mol. The summed E-state index contributed by atoms with van der Waals surface area (Å²) in [7, 11) is 0. The summed E-state index contributed by atoms with van der Waals surface area (Å²) in [6, 6.07) is 0. The highest BCUT2D eigenvalue weighted by Crippen LogP contribution is 2.48. The van der Waals surface area contributed by atoms with E-state index < -0.39 is 11.9 Å². The second-order valence-electron chi connectivity index (χ2n) is 6.21. The van der Waals surface area contributed by atoms with Crippen LogP contribution in [-0.4, -0.2) is 22.2 Å². The van der Waals surface area contributed by atoms with E-state index in [4.69, 9.17) is 10.2 Å². The van der Waals surface area contributed by atoms with Gasteiger partial charge in [0.05, 0.1) is 11.1 Å². The van der Waals surface area contributed by atoms with Crippen LogP contribution in [0, 0.1) is 17.8 Å². The van der Waals surface area contributed by atoms with Crippen LogP contribution >= 0.6 is 0 Å². The fourth-order valence-electron chi connectivity index (χ4n) is 3.24. The molecule has 0 radical (unpaired) electrons. The van der Waals surface area contributed by atoms with E-state index in [1.165, 1.54) is 12.8 Å². The second-order valence-corrected chi connectivity index (χ2v) is 6.21. The number of carboxylic acids is 2. The summed E-state index contributed by atoms with van der Waals surface area (Å²) >= 11 is 0. The standard InChI is InChI=1S/C9H10O4.C7H12/c10-8(11)6-4-1-2-5(3-4)7(6)9(12)13;1-6(2)5-7-3-4-7/h4-5H,1-3H2,(H,10,11)(H,12,13);5-6H,3-4H2,1-2H3. The molecule has 4 heteroatoms. The zero-order valence-corrected chi connectivity index (χ0v) is 12.1. The SMILES string of the molecule is CC(C)C=C1CC1.O=C(O)C1=C(C(=O)O)C2CCC1C2. The predicted molar refractivity (Wildman–Crippen MR) is 75.3 cm³/mol. The van der Waals surface area contributed by atoms with Crippen LogP contribution in [0.1, 0.15) is 46.0 Å². The Morgan fingerprint density at radius 2 is 1.50 bits per heavy atom. The molecular weight excluding hydrogens is 256 g/mol.